The molecule has 0 saturated carbocycles. The maximum atomic E-state index is 13.4. The molecule has 0 fully saturated rings. The van der Waals surface area contributed by atoms with E-state index in [0.29, 0.717) is 22.4 Å². The van der Waals surface area contributed by atoms with Crippen LogP contribution in [-0.4, -0.2) is 17.9 Å². The van der Waals surface area contributed by atoms with Gasteiger partial charge in [0.1, 0.15) is 34.0 Å². The van der Waals surface area contributed by atoms with Gasteiger partial charge in [-0.1, -0.05) is 54.6 Å². The zero-order chi connectivity index (χ0) is 30.5. The van der Waals surface area contributed by atoms with Gasteiger partial charge in [0.25, 0.3) is 0 Å². The van der Waals surface area contributed by atoms with E-state index >= 15 is 0 Å². The first-order valence-electron chi connectivity index (χ1n) is 13.5. The van der Waals surface area contributed by atoms with E-state index in [0.717, 1.165) is 0 Å². The van der Waals surface area contributed by atoms with Gasteiger partial charge in [-0.15, -0.1) is 0 Å². The Hall–Kier alpha value is -6.28. The molecule has 0 aliphatic carbocycles. The monoisotopic (exact) mass is 582 g/mol. The SMILES string of the molecule is O=C(Oc1ccc(-c2cc(=O)c3c(OC(=O)c4ccccc4)cc(OC(=O)c4ccccc4)cc3o2)cc1)c1ccccc1. The van der Waals surface area contributed by atoms with Gasteiger partial charge in [-0.05, 0) is 60.7 Å². The fourth-order valence-corrected chi connectivity index (χ4v) is 4.41. The molecule has 6 rings (SSSR count). The number of benzene rings is 5. The number of esters is 3. The van der Waals surface area contributed by atoms with Crippen LogP contribution in [0, 0.1) is 0 Å². The lowest BCUT2D eigenvalue weighted by Crippen LogP contribution is -2.13. The van der Waals surface area contributed by atoms with Gasteiger partial charge in [0, 0.05) is 23.8 Å². The highest BCUT2D eigenvalue weighted by molar-refractivity contribution is 5.96. The van der Waals surface area contributed by atoms with Crippen LogP contribution < -0.4 is 19.6 Å². The second-order valence-electron chi connectivity index (χ2n) is 9.56. The van der Waals surface area contributed by atoms with E-state index in [2.05, 4.69) is 0 Å². The van der Waals surface area contributed by atoms with Gasteiger partial charge in [0.05, 0.1) is 16.7 Å². The Bertz CT molecular complexity index is 2030. The summed E-state index contributed by atoms with van der Waals surface area (Å²) in [4.78, 5) is 51.5. The second kappa shape index (κ2) is 12.3. The van der Waals surface area contributed by atoms with Gasteiger partial charge in [-0.25, -0.2) is 14.4 Å². The molecule has 5 aromatic carbocycles. The molecule has 214 valence electrons. The van der Waals surface area contributed by atoms with Gasteiger partial charge in [0.2, 0.25) is 0 Å². The van der Waals surface area contributed by atoms with Crippen LogP contribution in [0.4, 0.5) is 0 Å². The number of ether oxygens (including phenoxy) is 3. The molecule has 0 aliphatic heterocycles. The zero-order valence-corrected chi connectivity index (χ0v) is 23.0. The zero-order valence-electron chi connectivity index (χ0n) is 23.0. The molecule has 0 unspecified atom stereocenters. The molecule has 0 spiro atoms. The number of fused-ring (bicyclic) bond motifs is 1. The highest BCUT2D eigenvalue weighted by atomic mass is 16.5. The predicted octanol–water partition coefficient (Wildman–Crippen LogP) is 7.12. The highest BCUT2D eigenvalue weighted by Gasteiger charge is 2.20. The minimum Gasteiger partial charge on any atom is -0.456 e. The minimum atomic E-state index is -0.706. The van der Waals surface area contributed by atoms with Crippen molar-refractivity contribution in [3.8, 4) is 28.6 Å². The van der Waals surface area contributed by atoms with E-state index in [-0.39, 0.29) is 33.8 Å². The first-order valence-corrected chi connectivity index (χ1v) is 13.5. The number of hydrogen-bond donors (Lipinski definition) is 0. The lowest BCUT2D eigenvalue weighted by atomic mass is 10.1. The predicted molar refractivity (Wildman–Crippen MR) is 162 cm³/mol. The molecular weight excluding hydrogens is 560 g/mol. The van der Waals surface area contributed by atoms with Crippen molar-refractivity contribution in [2.75, 3.05) is 0 Å². The molecule has 8 heteroatoms. The van der Waals surface area contributed by atoms with Gasteiger partial charge in [0.15, 0.2) is 5.43 Å². The first-order chi connectivity index (χ1) is 21.4. The van der Waals surface area contributed by atoms with Crippen molar-refractivity contribution >= 4 is 28.9 Å². The van der Waals surface area contributed by atoms with Crippen LogP contribution in [-0.2, 0) is 0 Å². The van der Waals surface area contributed by atoms with E-state index in [1.807, 2.05) is 0 Å². The molecule has 1 aromatic heterocycles. The summed E-state index contributed by atoms with van der Waals surface area (Å²) in [6.07, 6.45) is 0. The molecule has 0 aliphatic rings. The number of hydrogen-bond acceptors (Lipinski definition) is 8. The van der Waals surface area contributed by atoms with Crippen LogP contribution in [0.25, 0.3) is 22.3 Å². The van der Waals surface area contributed by atoms with E-state index < -0.39 is 23.3 Å². The third-order valence-electron chi connectivity index (χ3n) is 6.56. The molecule has 0 bridgehead atoms. The Morgan fingerprint density at radius 3 is 1.50 bits per heavy atom. The third kappa shape index (κ3) is 6.14. The second-order valence-corrected chi connectivity index (χ2v) is 9.56. The van der Waals surface area contributed by atoms with Crippen LogP contribution in [0.15, 0.2) is 143 Å². The van der Waals surface area contributed by atoms with Crippen molar-refractivity contribution in [2.24, 2.45) is 0 Å². The average Bonchev–Trinajstić information content (AvgIpc) is 3.06. The maximum Gasteiger partial charge on any atom is 0.343 e. The molecule has 0 N–H and O–H groups in total. The summed E-state index contributed by atoms with van der Waals surface area (Å²) in [5, 5.41) is -0.00838. The number of carbonyl (C=O) groups is 3. The summed E-state index contributed by atoms with van der Waals surface area (Å²) in [6, 6.07) is 35.6. The molecule has 1 heterocycles. The Morgan fingerprint density at radius 2 is 0.977 bits per heavy atom. The van der Waals surface area contributed by atoms with Crippen molar-refractivity contribution in [1.29, 1.82) is 0 Å². The summed E-state index contributed by atoms with van der Waals surface area (Å²) < 4.78 is 22.7. The molecule has 44 heavy (non-hydrogen) atoms. The normalized spacial score (nSPS) is 10.6. The lowest BCUT2D eigenvalue weighted by molar-refractivity contribution is 0.0721. The summed E-state index contributed by atoms with van der Waals surface area (Å²) in [7, 11) is 0. The molecule has 0 atom stereocenters. The van der Waals surface area contributed by atoms with Crippen molar-refractivity contribution in [3.05, 3.63) is 160 Å². The minimum absolute atomic E-state index is 0.00527. The smallest absolute Gasteiger partial charge is 0.343 e. The van der Waals surface area contributed by atoms with E-state index in [4.69, 9.17) is 18.6 Å². The third-order valence-corrected chi connectivity index (χ3v) is 6.56. The Balaban J connectivity index is 1.35. The fourth-order valence-electron chi connectivity index (χ4n) is 4.41. The van der Waals surface area contributed by atoms with Crippen molar-refractivity contribution in [2.45, 2.75) is 0 Å². The average molecular weight is 583 g/mol. The maximum absolute atomic E-state index is 13.4. The van der Waals surface area contributed by atoms with Gasteiger partial charge >= 0.3 is 17.9 Å². The molecule has 0 saturated heterocycles. The van der Waals surface area contributed by atoms with Crippen LogP contribution in [0.3, 0.4) is 0 Å². The standard InChI is InChI=1S/C36H22O8/c37-29-22-30(23-16-18-27(19-17-23)41-34(38)24-10-4-1-5-11-24)43-31-20-28(42-35(39)25-12-6-2-7-13-25)21-32(33(29)31)44-36(40)26-14-8-3-9-15-26/h1-22H. The Kier molecular flexibility index (Phi) is 7.79. The summed E-state index contributed by atoms with van der Waals surface area (Å²) in [5.41, 5.74) is 1.03. The summed E-state index contributed by atoms with van der Waals surface area (Å²) in [5.74, 6) is -1.50. The molecule has 6 aromatic rings. The van der Waals surface area contributed by atoms with Crippen molar-refractivity contribution in [3.63, 3.8) is 0 Å². The molecule has 8 nitrogen and oxygen atoms in total. The van der Waals surface area contributed by atoms with Crippen LogP contribution in [0.1, 0.15) is 31.1 Å². The van der Waals surface area contributed by atoms with E-state index in [9.17, 15) is 19.2 Å². The van der Waals surface area contributed by atoms with Crippen LogP contribution >= 0.6 is 0 Å². The largest absolute Gasteiger partial charge is 0.456 e. The topological polar surface area (TPSA) is 109 Å². The lowest BCUT2D eigenvalue weighted by Gasteiger charge is -2.12. The number of carbonyl (C=O) groups excluding carboxylic acids is 3. The van der Waals surface area contributed by atoms with E-state index in [1.54, 1.807) is 115 Å². The molecule has 0 amide bonds. The van der Waals surface area contributed by atoms with E-state index in [1.165, 1.54) is 18.2 Å². The fraction of sp³-hybridized carbons (Fsp3) is 0. The Morgan fingerprint density at radius 1 is 0.500 bits per heavy atom. The summed E-state index contributed by atoms with van der Waals surface area (Å²) >= 11 is 0. The van der Waals surface area contributed by atoms with Crippen molar-refractivity contribution in [1.82, 2.24) is 0 Å². The first kappa shape index (κ1) is 27.9. The van der Waals surface area contributed by atoms with Gasteiger partial charge in [-0.3, -0.25) is 4.79 Å². The number of rotatable bonds is 7. The summed E-state index contributed by atoms with van der Waals surface area (Å²) in [6.45, 7) is 0. The van der Waals surface area contributed by atoms with Gasteiger partial charge in [-0.2, -0.15) is 0 Å². The van der Waals surface area contributed by atoms with Gasteiger partial charge < -0.3 is 18.6 Å². The highest BCUT2D eigenvalue weighted by Crippen LogP contribution is 2.33. The van der Waals surface area contributed by atoms with Crippen LogP contribution in [0.2, 0.25) is 0 Å². The molecule has 0 radical (unpaired) electrons. The Labute approximate surface area is 250 Å². The van der Waals surface area contributed by atoms with Crippen LogP contribution in [0.5, 0.6) is 17.2 Å². The van der Waals surface area contributed by atoms with Crippen molar-refractivity contribution < 1.29 is 33.0 Å². The quantitative estimate of drug-likeness (QED) is 0.145. The molecular formula is C36H22O8.